The first-order valence-electron chi connectivity index (χ1n) is 10.6. The summed E-state index contributed by atoms with van der Waals surface area (Å²) in [7, 11) is -3.24. The topological polar surface area (TPSA) is 108 Å². The number of amides is 1. The predicted octanol–water partition coefficient (Wildman–Crippen LogP) is 1.09. The standard InChI is InChI=1S/C20H29N5O4S/c1-4-30(28,29)24-8-5-6-14(11-24)17-10-18-21-16-7-9-23(19(26)13(2)3)12-15(16)20(27)25(18)22-17/h10,13-14,22H,4-9,11-12H2,1-3H3. The summed E-state index contributed by atoms with van der Waals surface area (Å²) in [6.07, 6.45) is 2.20. The van der Waals surface area contributed by atoms with Crippen LogP contribution in [0, 0.1) is 5.92 Å². The zero-order valence-electron chi connectivity index (χ0n) is 17.7. The number of hydrogen-bond donors (Lipinski definition) is 1. The Kier molecular flexibility index (Phi) is 5.48. The van der Waals surface area contributed by atoms with Gasteiger partial charge in [0.1, 0.15) is 0 Å². The highest BCUT2D eigenvalue weighted by molar-refractivity contribution is 7.89. The van der Waals surface area contributed by atoms with E-state index in [0.717, 1.165) is 24.2 Å². The lowest BCUT2D eigenvalue weighted by Crippen LogP contribution is -2.42. The van der Waals surface area contributed by atoms with Crippen LogP contribution in [0.3, 0.4) is 0 Å². The molecule has 10 heteroatoms. The van der Waals surface area contributed by atoms with Crippen molar-refractivity contribution in [2.24, 2.45) is 5.92 Å². The predicted molar refractivity (Wildman–Crippen MR) is 113 cm³/mol. The normalized spacial score (nSPS) is 20.7. The SMILES string of the molecule is CCS(=O)(=O)N1CCCC(c2cc3nc4c(c(=O)n3[nH]2)CN(C(=O)C(C)C)CC4)C1. The van der Waals surface area contributed by atoms with Gasteiger partial charge in [0, 0.05) is 49.7 Å². The number of rotatable bonds is 4. The summed E-state index contributed by atoms with van der Waals surface area (Å²) in [5.74, 6) is 0.0110. The molecule has 9 nitrogen and oxygen atoms in total. The number of nitrogens with zero attached hydrogens (tertiary/aromatic N) is 4. The van der Waals surface area contributed by atoms with E-state index in [0.29, 0.717) is 37.3 Å². The smallest absolute Gasteiger partial charge is 0.277 e. The molecule has 4 rings (SSSR count). The highest BCUT2D eigenvalue weighted by atomic mass is 32.2. The lowest BCUT2D eigenvalue weighted by Gasteiger charge is -2.31. The zero-order chi connectivity index (χ0) is 21.6. The molecule has 2 aliphatic heterocycles. The van der Waals surface area contributed by atoms with E-state index in [1.165, 1.54) is 4.52 Å². The summed E-state index contributed by atoms with van der Waals surface area (Å²) in [4.78, 5) is 31.9. The van der Waals surface area contributed by atoms with E-state index in [1.54, 1.807) is 16.1 Å². The van der Waals surface area contributed by atoms with Crippen molar-refractivity contribution in [2.45, 2.75) is 52.5 Å². The van der Waals surface area contributed by atoms with E-state index in [1.807, 2.05) is 19.9 Å². The minimum absolute atomic E-state index is 0.00257. The van der Waals surface area contributed by atoms with Crippen molar-refractivity contribution in [3.8, 4) is 0 Å². The molecule has 2 aliphatic rings. The number of hydrogen-bond acceptors (Lipinski definition) is 5. The van der Waals surface area contributed by atoms with Crippen molar-refractivity contribution in [3.63, 3.8) is 0 Å². The van der Waals surface area contributed by atoms with E-state index in [4.69, 9.17) is 0 Å². The Morgan fingerprint density at radius 2 is 2.10 bits per heavy atom. The van der Waals surface area contributed by atoms with E-state index in [2.05, 4.69) is 10.1 Å². The molecule has 0 spiro atoms. The first-order chi connectivity index (χ1) is 14.2. The number of aromatic amines is 1. The maximum atomic E-state index is 13.1. The average molecular weight is 436 g/mol. The summed E-state index contributed by atoms with van der Waals surface area (Å²) in [6.45, 7) is 7.17. The Bertz CT molecular complexity index is 1130. The second kappa shape index (κ2) is 7.81. The Labute approximate surface area is 176 Å². The summed E-state index contributed by atoms with van der Waals surface area (Å²) in [5, 5.41) is 3.16. The van der Waals surface area contributed by atoms with Crippen molar-refractivity contribution < 1.29 is 13.2 Å². The highest BCUT2D eigenvalue weighted by Gasteiger charge is 2.31. The van der Waals surface area contributed by atoms with Gasteiger partial charge >= 0.3 is 0 Å². The third-order valence-electron chi connectivity index (χ3n) is 6.17. The maximum Gasteiger partial charge on any atom is 0.277 e. The van der Waals surface area contributed by atoms with Crippen LogP contribution in [0.5, 0.6) is 0 Å². The second-order valence-corrected chi connectivity index (χ2v) is 10.8. The molecule has 30 heavy (non-hydrogen) atoms. The molecule has 164 valence electrons. The van der Waals surface area contributed by atoms with Crippen LogP contribution >= 0.6 is 0 Å². The number of sulfonamides is 1. The number of nitrogens with one attached hydrogen (secondary N) is 1. The van der Waals surface area contributed by atoms with Crippen LogP contribution in [0.1, 0.15) is 56.5 Å². The molecular formula is C20H29N5O4S. The number of piperidine rings is 1. The summed E-state index contributed by atoms with van der Waals surface area (Å²) in [6, 6.07) is 1.86. The fraction of sp³-hybridized carbons (Fsp3) is 0.650. The van der Waals surface area contributed by atoms with Gasteiger partial charge in [-0.1, -0.05) is 13.8 Å². The van der Waals surface area contributed by atoms with Gasteiger partial charge in [0.2, 0.25) is 15.9 Å². The monoisotopic (exact) mass is 435 g/mol. The summed E-state index contributed by atoms with van der Waals surface area (Å²) < 4.78 is 27.5. The minimum atomic E-state index is -3.24. The molecule has 1 saturated heterocycles. The molecular weight excluding hydrogens is 406 g/mol. The van der Waals surface area contributed by atoms with Gasteiger partial charge in [-0.15, -0.1) is 0 Å². The van der Waals surface area contributed by atoms with E-state index in [-0.39, 0.29) is 35.6 Å². The molecule has 1 fully saturated rings. The Morgan fingerprint density at radius 3 is 2.80 bits per heavy atom. The van der Waals surface area contributed by atoms with Gasteiger partial charge in [0.05, 0.1) is 23.6 Å². The number of carbonyl (C=O) groups is 1. The first-order valence-corrected chi connectivity index (χ1v) is 12.2. The molecule has 1 unspecified atom stereocenters. The van der Waals surface area contributed by atoms with Crippen molar-refractivity contribution in [1.82, 2.24) is 23.8 Å². The number of carbonyl (C=O) groups excluding carboxylic acids is 1. The van der Waals surface area contributed by atoms with Crippen molar-refractivity contribution in [3.05, 3.63) is 33.4 Å². The second-order valence-electron chi connectivity index (χ2n) is 8.51. The third-order valence-corrected chi connectivity index (χ3v) is 8.02. The van der Waals surface area contributed by atoms with Gasteiger partial charge in [0.25, 0.3) is 5.56 Å². The Morgan fingerprint density at radius 1 is 1.33 bits per heavy atom. The number of aromatic nitrogens is 3. The van der Waals surface area contributed by atoms with Crippen LogP contribution in [0.15, 0.2) is 10.9 Å². The third kappa shape index (κ3) is 3.66. The number of fused-ring (bicyclic) bond motifs is 2. The lowest BCUT2D eigenvalue weighted by molar-refractivity contribution is -0.135. The molecule has 1 atom stereocenters. The minimum Gasteiger partial charge on any atom is -0.337 e. The lowest BCUT2D eigenvalue weighted by atomic mass is 9.96. The van der Waals surface area contributed by atoms with Crippen LogP contribution in [0.25, 0.3) is 5.65 Å². The molecule has 1 amide bonds. The summed E-state index contributed by atoms with van der Waals surface area (Å²) >= 11 is 0. The zero-order valence-corrected chi connectivity index (χ0v) is 18.5. The van der Waals surface area contributed by atoms with Crippen LogP contribution in [0.2, 0.25) is 0 Å². The van der Waals surface area contributed by atoms with Crippen LogP contribution in [-0.4, -0.2) is 63.5 Å². The molecule has 0 aromatic carbocycles. The maximum absolute atomic E-state index is 13.1. The summed E-state index contributed by atoms with van der Waals surface area (Å²) in [5.41, 5.74) is 2.49. The van der Waals surface area contributed by atoms with Gasteiger partial charge < -0.3 is 4.90 Å². The van der Waals surface area contributed by atoms with E-state index >= 15 is 0 Å². The molecule has 2 aromatic heterocycles. The highest BCUT2D eigenvalue weighted by Crippen LogP contribution is 2.28. The average Bonchev–Trinajstić information content (AvgIpc) is 3.17. The van der Waals surface area contributed by atoms with Gasteiger partial charge in [0.15, 0.2) is 5.65 Å². The quantitative estimate of drug-likeness (QED) is 0.774. The van der Waals surface area contributed by atoms with Gasteiger partial charge in [-0.05, 0) is 19.8 Å². The Hall–Kier alpha value is -2.20. The molecule has 4 heterocycles. The largest absolute Gasteiger partial charge is 0.337 e. The van der Waals surface area contributed by atoms with Crippen LogP contribution in [0.4, 0.5) is 0 Å². The van der Waals surface area contributed by atoms with Crippen molar-refractivity contribution in [2.75, 3.05) is 25.4 Å². The number of H-pyrrole nitrogens is 1. The molecule has 2 aromatic rings. The first kappa shape index (κ1) is 21.0. The molecule has 0 radical (unpaired) electrons. The van der Waals surface area contributed by atoms with Crippen molar-refractivity contribution in [1.29, 1.82) is 0 Å². The van der Waals surface area contributed by atoms with Crippen LogP contribution in [-0.2, 0) is 27.8 Å². The van der Waals surface area contributed by atoms with Crippen molar-refractivity contribution >= 4 is 21.6 Å². The van der Waals surface area contributed by atoms with Gasteiger partial charge in [-0.25, -0.2) is 22.2 Å². The molecule has 0 aliphatic carbocycles. The van der Waals surface area contributed by atoms with Gasteiger partial charge in [-0.2, -0.15) is 0 Å². The van der Waals surface area contributed by atoms with E-state index < -0.39 is 10.0 Å². The Balaban J connectivity index is 1.65. The fourth-order valence-electron chi connectivity index (χ4n) is 4.39. The molecule has 0 saturated carbocycles. The fourth-order valence-corrected chi connectivity index (χ4v) is 5.57. The molecule has 0 bridgehead atoms. The van der Waals surface area contributed by atoms with Crippen LogP contribution < -0.4 is 5.56 Å². The molecule has 1 N–H and O–H groups in total. The van der Waals surface area contributed by atoms with Gasteiger partial charge in [-0.3, -0.25) is 14.7 Å². The van der Waals surface area contributed by atoms with E-state index in [9.17, 15) is 18.0 Å².